The molecule has 23 heavy (non-hydrogen) atoms. The number of aromatic nitrogens is 1. The van der Waals surface area contributed by atoms with Gasteiger partial charge in [-0.15, -0.1) is 0 Å². The number of amides is 1. The van der Waals surface area contributed by atoms with Gasteiger partial charge in [-0.1, -0.05) is 6.07 Å². The van der Waals surface area contributed by atoms with Crippen molar-refractivity contribution in [1.29, 1.82) is 0 Å². The summed E-state index contributed by atoms with van der Waals surface area (Å²) in [4.78, 5) is 18.6. The van der Waals surface area contributed by atoms with E-state index in [-0.39, 0.29) is 17.8 Å². The minimum absolute atomic E-state index is 0.0193. The third-order valence-electron chi connectivity index (χ3n) is 3.91. The molecule has 2 aromatic rings. The second kappa shape index (κ2) is 7.33. The van der Waals surface area contributed by atoms with Gasteiger partial charge in [-0.05, 0) is 49.2 Å². The van der Waals surface area contributed by atoms with E-state index in [2.05, 4.69) is 4.98 Å². The molecule has 0 saturated carbocycles. The molecule has 1 aliphatic rings. The van der Waals surface area contributed by atoms with Gasteiger partial charge in [0.15, 0.2) is 0 Å². The number of benzene rings is 1. The van der Waals surface area contributed by atoms with E-state index in [0.29, 0.717) is 25.3 Å². The summed E-state index contributed by atoms with van der Waals surface area (Å²) in [5.74, 6) is -0.354. The topological polar surface area (TPSA) is 42.4 Å². The molecule has 2 heterocycles. The smallest absolute Gasteiger partial charge is 0.229 e. The maximum Gasteiger partial charge on any atom is 0.229 e. The Kier molecular flexibility index (Phi) is 4.98. The molecular weight excluding hydrogens is 295 g/mol. The number of pyridine rings is 1. The fraction of sp³-hybridized carbons (Fsp3) is 0.333. The molecule has 120 valence electrons. The first-order valence-corrected chi connectivity index (χ1v) is 7.80. The van der Waals surface area contributed by atoms with E-state index in [4.69, 9.17) is 4.74 Å². The number of anilines is 1. The van der Waals surface area contributed by atoms with E-state index in [1.54, 1.807) is 23.2 Å². The highest BCUT2D eigenvalue weighted by Crippen LogP contribution is 2.22. The number of ether oxygens (including phenoxy) is 1. The van der Waals surface area contributed by atoms with Crippen LogP contribution in [-0.2, 0) is 16.1 Å². The summed E-state index contributed by atoms with van der Waals surface area (Å²) in [6.45, 7) is 1.08. The van der Waals surface area contributed by atoms with E-state index in [1.807, 2.05) is 18.2 Å². The largest absolute Gasteiger partial charge is 0.378 e. The van der Waals surface area contributed by atoms with Crippen molar-refractivity contribution >= 4 is 11.6 Å². The van der Waals surface area contributed by atoms with Crippen LogP contribution in [0.5, 0.6) is 0 Å². The third kappa shape index (κ3) is 4.13. The number of carbonyl (C=O) groups is 1. The molecule has 1 fully saturated rings. The zero-order valence-corrected chi connectivity index (χ0v) is 12.8. The van der Waals surface area contributed by atoms with Crippen molar-refractivity contribution in [3.63, 3.8) is 0 Å². The van der Waals surface area contributed by atoms with Gasteiger partial charge >= 0.3 is 0 Å². The van der Waals surface area contributed by atoms with Crippen molar-refractivity contribution < 1.29 is 13.9 Å². The molecule has 4 nitrogen and oxygen atoms in total. The van der Waals surface area contributed by atoms with Crippen LogP contribution in [0.25, 0.3) is 0 Å². The monoisotopic (exact) mass is 314 g/mol. The van der Waals surface area contributed by atoms with Crippen LogP contribution in [0.1, 0.15) is 25.0 Å². The van der Waals surface area contributed by atoms with Crippen molar-refractivity contribution in [3.05, 3.63) is 60.2 Å². The lowest BCUT2D eigenvalue weighted by molar-refractivity contribution is -0.120. The minimum atomic E-state index is -0.321. The van der Waals surface area contributed by atoms with Crippen LogP contribution in [0.3, 0.4) is 0 Å². The molecule has 0 N–H and O–H groups in total. The number of hydrogen-bond donors (Lipinski definition) is 0. The van der Waals surface area contributed by atoms with E-state index < -0.39 is 0 Å². The van der Waals surface area contributed by atoms with Crippen molar-refractivity contribution in [2.45, 2.75) is 31.9 Å². The summed E-state index contributed by atoms with van der Waals surface area (Å²) in [7, 11) is 0. The van der Waals surface area contributed by atoms with Crippen molar-refractivity contribution in [2.75, 3.05) is 11.5 Å². The van der Waals surface area contributed by atoms with Crippen LogP contribution in [0.15, 0.2) is 48.7 Å². The van der Waals surface area contributed by atoms with Crippen LogP contribution in [-0.4, -0.2) is 23.6 Å². The molecular formula is C18H19FN2O2. The molecule has 0 radical (unpaired) electrons. The normalized spacial score (nSPS) is 17.2. The number of hydrogen-bond acceptors (Lipinski definition) is 3. The second-order valence-electron chi connectivity index (χ2n) is 5.62. The van der Waals surface area contributed by atoms with Gasteiger partial charge in [0.25, 0.3) is 0 Å². The predicted molar refractivity (Wildman–Crippen MR) is 85.4 cm³/mol. The van der Waals surface area contributed by atoms with Gasteiger partial charge in [0.2, 0.25) is 5.91 Å². The van der Waals surface area contributed by atoms with Crippen LogP contribution < -0.4 is 4.90 Å². The second-order valence-corrected chi connectivity index (χ2v) is 5.62. The Labute approximate surface area is 134 Å². The molecule has 1 aliphatic heterocycles. The van der Waals surface area contributed by atoms with Crippen LogP contribution in [0, 0.1) is 5.82 Å². The summed E-state index contributed by atoms with van der Waals surface area (Å²) < 4.78 is 18.7. The Morgan fingerprint density at radius 2 is 2.09 bits per heavy atom. The fourth-order valence-electron chi connectivity index (χ4n) is 2.71. The molecule has 1 aromatic carbocycles. The summed E-state index contributed by atoms with van der Waals surface area (Å²) in [6.07, 6.45) is 3.92. The first-order valence-electron chi connectivity index (χ1n) is 7.80. The molecule has 0 spiro atoms. The highest BCUT2D eigenvalue weighted by Gasteiger charge is 2.24. The van der Waals surface area contributed by atoms with Gasteiger partial charge in [0.05, 0.1) is 24.8 Å². The first kappa shape index (κ1) is 15.6. The third-order valence-corrected chi connectivity index (χ3v) is 3.91. The zero-order chi connectivity index (χ0) is 16.1. The Morgan fingerprint density at radius 1 is 1.26 bits per heavy atom. The summed E-state index contributed by atoms with van der Waals surface area (Å²) in [6, 6.07) is 11.5. The maximum atomic E-state index is 13.2. The van der Waals surface area contributed by atoms with Crippen LogP contribution in [0.2, 0.25) is 0 Å². The van der Waals surface area contributed by atoms with Crippen LogP contribution in [0.4, 0.5) is 10.1 Å². The highest BCUT2D eigenvalue weighted by molar-refractivity contribution is 5.93. The Hall–Kier alpha value is -2.27. The molecule has 0 bridgehead atoms. The Bertz CT molecular complexity index is 640. The summed E-state index contributed by atoms with van der Waals surface area (Å²) >= 11 is 0. The van der Waals surface area contributed by atoms with Gasteiger partial charge in [0.1, 0.15) is 5.82 Å². The molecule has 1 saturated heterocycles. The minimum Gasteiger partial charge on any atom is -0.378 e. The molecule has 1 aromatic heterocycles. The van der Waals surface area contributed by atoms with Gasteiger partial charge in [-0.2, -0.15) is 0 Å². The zero-order valence-electron chi connectivity index (χ0n) is 12.8. The number of halogens is 1. The van der Waals surface area contributed by atoms with Gasteiger partial charge < -0.3 is 9.64 Å². The van der Waals surface area contributed by atoms with Crippen LogP contribution >= 0.6 is 0 Å². The maximum absolute atomic E-state index is 13.2. The lowest BCUT2D eigenvalue weighted by Gasteiger charge is -2.24. The van der Waals surface area contributed by atoms with Crippen molar-refractivity contribution in [3.8, 4) is 0 Å². The molecule has 0 aliphatic carbocycles. The van der Waals surface area contributed by atoms with E-state index >= 15 is 0 Å². The predicted octanol–water partition coefficient (Wildman–Crippen LogP) is 3.32. The first-order chi connectivity index (χ1) is 11.2. The number of carbonyl (C=O) groups excluding carboxylic acids is 1. The average Bonchev–Trinajstić information content (AvgIpc) is 3.07. The standard InChI is InChI=1S/C18H19FN2O2/c19-14-6-8-16(9-7-14)21(13-15-4-1-2-10-20-15)18(22)12-17-5-3-11-23-17/h1-2,4,6-10,17H,3,5,11-13H2/t17-/m1/s1. The summed E-state index contributed by atoms with van der Waals surface area (Å²) in [5.41, 5.74) is 1.46. The Morgan fingerprint density at radius 3 is 2.74 bits per heavy atom. The lowest BCUT2D eigenvalue weighted by atomic mass is 10.1. The van der Waals surface area contributed by atoms with Gasteiger partial charge in [-0.25, -0.2) is 4.39 Å². The highest BCUT2D eigenvalue weighted by atomic mass is 19.1. The SMILES string of the molecule is O=C(C[C@H]1CCCO1)N(Cc1ccccn1)c1ccc(F)cc1. The number of nitrogens with zero attached hydrogens (tertiary/aromatic N) is 2. The van der Waals surface area contributed by atoms with E-state index in [9.17, 15) is 9.18 Å². The summed E-state index contributed by atoms with van der Waals surface area (Å²) in [5, 5.41) is 0. The van der Waals surface area contributed by atoms with Gasteiger partial charge in [0, 0.05) is 18.5 Å². The average molecular weight is 314 g/mol. The van der Waals surface area contributed by atoms with Crippen molar-refractivity contribution in [1.82, 2.24) is 4.98 Å². The van der Waals surface area contributed by atoms with E-state index in [0.717, 1.165) is 18.5 Å². The molecule has 0 unspecified atom stereocenters. The quantitative estimate of drug-likeness (QED) is 0.850. The van der Waals surface area contributed by atoms with Gasteiger partial charge in [-0.3, -0.25) is 9.78 Å². The molecule has 1 atom stereocenters. The molecule has 1 amide bonds. The fourth-order valence-corrected chi connectivity index (χ4v) is 2.71. The van der Waals surface area contributed by atoms with E-state index in [1.165, 1.54) is 12.1 Å². The lowest BCUT2D eigenvalue weighted by Crippen LogP contribution is -2.33. The molecule has 3 rings (SSSR count). The van der Waals surface area contributed by atoms with Crippen molar-refractivity contribution in [2.24, 2.45) is 0 Å². The number of rotatable bonds is 5. The Balaban J connectivity index is 1.79. The molecule has 5 heteroatoms.